The first-order valence-electron chi connectivity index (χ1n) is 7.16. The third-order valence-corrected chi connectivity index (χ3v) is 6.03. The summed E-state index contributed by atoms with van der Waals surface area (Å²) in [5.41, 5.74) is 0. The van der Waals surface area contributed by atoms with Gasteiger partial charge in [-0.25, -0.2) is 13.4 Å². The predicted molar refractivity (Wildman–Crippen MR) is 78.0 cm³/mol. The molecule has 6 nitrogen and oxygen atoms in total. The second-order valence-corrected chi connectivity index (χ2v) is 7.30. The lowest BCUT2D eigenvalue weighted by Crippen LogP contribution is -2.42. The van der Waals surface area contributed by atoms with E-state index in [1.54, 1.807) is 24.1 Å². The van der Waals surface area contributed by atoms with Crippen molar-refractivity contribution in [1.29, 1.82) is 0 Å². The van der Waals surface area contributed by atoms with E-state index in [0.717, 1.165) is 32.2 Å². The molecule has 0 aromatic carbocycles. The zero-order chi connectivity index (χ0) is 14.8. The van der Waals surface area contributed by atoms with E-state index in [1.807, 2.05) is 14.0 Å². The second-order valence-electron chi connectivity index (χ2n) is 5.36. The molecule has 0 atom stereocenters. The maximum atomic E-state index is 12.5. The van der Waals surface area contributed by atoms with Gasteiger partial charge in [0, 0.05) is 31.9 Å². The highest BCUT2D eigenvalue weighted by Crippen LogP contribution is 2.26. The molecule has 1 saturated carbocycles. The number of imidazole rings is 1. The molecule has 114 valence electrons. The molecular formula is C13H24N4O2S. The summed E-state index contributed by atoms with van der Waals surface area (Å²) in [6.07, 6.45) is 7.00. The standard InChI is InChI=1S/C13H24N4O2S/c1-4-17-9-13(15-10-17)20(18,19)16(3)12-7-5-11(14-2)6-8-12/h9-12,14H,4-8H2,1-3H3. The van der Waals surface area contributed by atoms with Crippen molar-refractivity contribution in [3.05, 3.63) is 12.5 Å². The highest BCUT2D eigenvalue weighted by molar-refractivity contribution is 7.89. The molecule has 0 aliphatic heterocycles. The molecule has 1 aliphatic rings. The van der Waals surface area contributed by atoms with Gasteiger partial charge in [0.05, 0.1) is 6.33 Å². The molecule has 20 heavy (non-hydrogen) atoms. The van der Waals surface area contributed by atoms with Crippen LogP contribution in [0.25, 0.3) is 0 Å². The molecule has 1 heterocycles. The molecule has 0 amide bonds. The summed E-state index contributed by atoms with van der Waals surface area (Å²) >= 11 is 0. The Balaban J connectivity index is 2.09. The molecule has 0 radical (unpaired) electrons. The molecule has 0 bridgehead atoms. The number of sulfonamides is 1. The molecular weight excluding hydrogens is 276 g/mol. The fourth-order valence-electron chi connectivity index (χ4n) is 2.72. The summed E-state index contributed by atoms with van der Waals surface area (Å²) in [5.74, 6) is 0. The van der Waals surface area contributed by atoms with Gasteiger partial charge in [0.2, 0.25) is 0 Å². The van der Waals surface area contributed by atoms with Gasteiger partial charge in [0.15, 0.2) is 5.03 Å². The van der Waals surface area contributed by atoms with Crippen molar-refractivity contribution in [2.75, 3.05) is 14.1 Å². The van der Waals surface area contributed by atoms with E-state index in [2.05, 4.69) is 10.3 Å². The average Bonchev–Trinajstić information content (AvgIpc) is 2.96. The van der Waals surface area contributed by atoms with Crippen LogP contribution in [0.3, 0.4) is 0 Å². The third-order valence-electron chi connectivity index (χ3n) is 4.24. The molecule has 0 unspecified atom stereocenters. The Labute approximate surface area is 121 Å². The number of rotatable bonds is 5. The van der Waals surface area contributed by atoms with Gasteiger partial charge in [0.1, 0.15) is 0 Å². The molecule has 1 N–H and O–H groups in total. The highest BCUT2D eigenvalue weighted by atomic mass is 32.2. The van der Waals surface area contributed by atoms with E-state index in [4.69, 9.17) is 0 Å². The van der Waals surface area contributed by atoms with Gasteiger partial charge in [-0.2, -0.15) is 4.31 Å². The number of hydrogen-bond acceptors (Lipinski definition) is 4. The van der Waals surface area contributed by atoms with Crippen molar-refractivity contribution >= 4 is 10.0 Å². The van der Waals surface area contributed by atoms with Crippen LogP contribution in [-0.2, 0) is 16.6 Å². The fourth-order valence-corrected chi connectivity index (χ4v) is 4.06. The zero-order valence-corrected chi connectivity index (χ0v) is 13.2. The monoisotopic (exact) mass is 300 g/mol. The molecule has 2 rings (SSSR count). The highest BCUT2D eigenvalue weighted by Gasteiger charge is 2.32. The quantitative estimate of drug-likeness (QED) is 0.883. The number of hydrogen-bond donors (Lipinski definition) is 1. The Morgan fingerprint density at radius 3 is 2.55 bits per heavy atom. The molecule has 0 spiro atoms. The Morgan fingerprint density at radius 2 is 2.05 bits per heavy atom. The van der Waals surface area contributed by atoms with Gasteiger partial charge in [-0.05, 0) is 39.7 Å². The Kier molecular flexibility index (Phi) is 4.82. The first-order chi connectivity index (χ1) is 9.48. The SMILES string of the molecule is CCn1cnc(S(=O)(=O)N(C)C2CCC(NC)CC2)c1. The topological polar surface area (TPSA) is 67.2 Å². The smallest absolute Gasteiger partial charge is 0.262 e. The summed E-state index contributed by atoms with van der Waals surface area (Å²) < 4.78 is 28.4. The van der Waals surface area contributed by atoms with Crippen molar-refractivity contribution in [2.45, 2.75) is 56.3 Å². The van der Waals surface area contributed by atoms with Crippen LogP contribution in [0.1, 0.15) is 32.6 Å². The average molecular weight is 300 g/mol. The van der Waals surface area contributed by atoms with Gasteiger partial charge in [-0.3, -0.25) is 0 Å². The molecule has 1 aliphatic carbocycles. The third kappa shape index (κ3) is 3.05. The Hall–Kier alpha value is -0.920. The predicted octanol–water partition coefficient (Wildman–Crippen LogP) is 1.05. The van der Waals surface area contributed by atoms with E-state index in [0.29, 0.717) is 6.04 Å². The van der Waals surface area contributed by atoms with E-state index in [9.17, 15) is 8.42 Å². The molecule has 1 fully saturated rings. The summed E-state index contributed by atoms with van der Waals surface area (Å²) in [6.45, 7) is 2.68. The van der Waals surface area contributed by atoms with Gasteiger partial charge in [-0.1, -0.05) is 0 Å². The van der Waals surface area contributed by atoms with Crippen molar-refractivity contribution in [1.82, 2.24) is 19.2 Å². The van der Waals surface area contributed by atoms with E-state index in [-0.39, 0.29) is 11.1 Å². The van der Waals surface area contributed by atoms with Crippen molar-refractivity contribution < 1.29 is 8.42 Å². The van der Waals surface area contributed by atoms with Crippen molar-refractivity contribution in [2.24, 2.45) is 0 Å². The first kappa shape index (κ1) is 15.5. The van der Waals surface area contributed by atoms with Gasteiger partial charge < -0.3 is 9.88 Å². The normalized spacial score (nSPS) is 24.2. The number of nitrogens with zero attached hydrogens (tertiary/aromatic N) is 3. The van der Waals surface area contributed by atoms with Crippen molar-refractivity contribution in [3.63, 3.8) is 0 Å². The van der Waals surface area contributed by atoms with Crippen LogP contribution in [-0.4, -0.2) is 48.5 Å². The molecule has 1 aromatic rings. The number of nitrogens with one attached hydrogen (secondary N) is 1. The summed E-state index contributed by atoms with van der Waals surface area (Å²) in [4.78, 5) is 4.03. The minimum absolute atomic E-state index is 0.0800. The minimum Gasteiger partial charge on any atom is -0.336 e. The van der Waals surface area contributed by atoms with Gasteiger partial charge >= 0.3 is 0 Å². The van der Waals surface area contributed by atoms with Gasteiger partial charge in [0.25, 0.3) is 10.0 Å². The molecule has 1 aromatic heterocycles. The lowest BCUT2D eigenvalue weighted by atomic mass is 9.91. The van der Waals surface area contributed by atoms with Gasteiger partial charge in [-0.15, -0.1) is 0 Å². The van der Waals surface area contributed by atoms with Crippen LogP contribution in [0.15, 0.2) is 17.6 Å². The minimum atomic E-state index is -3.47. The van der Waals surface area contributed by atoms with Crippen LogP contribution in [0.4, 0.5) is 0 Å². The van der Waals surface area contributed by atoms with E-state index in [1.165, 1.54) is 4.31 Å². The van der Waals surface area contributed by atoms with Crippen LogP contribution < -0.4 is 5.32 Å². The lowest BCUT2D eigenvalue weighted by Gasteiger charge is -2.33. The second kappa shape index (κ2) is 6.24. The maximum absolute atomic E-state index is 12.5. The van der Waals surface area contributed by atoms with Crippen LogP contribution in [0, 0.1) is 0 Å². The van der Waals surface area contributed by atoms with Crippen LogP contribution in [0.2, 0.25) is 0 Å². The van der Waals surface area contributed by atoms with Crippen molar-refractivity contribution in [3.8, 4) is 0 Å². The lowest BCUT2D eigenvalue weighted by molar-refractivity contribution is 0.254. The largest absolute Gasteiger partial charge is 0.336 e. The van der Waals surface area contributed by atoms with Crippen LogP contribution in [0.5, 0.6) is 0 Å². The fraction of sp³-hybridized carbons (Fsp3) is 0.769. The Bertz CT molecular complexity index is 532. The van der Waals surface area contributed by atoms with Crippen LogP contribution >= 0.6 is 0 Å². The van der Waals surface area contributed by atoms with E-state index < -0.39 is 10.0 Å². The summed E-state index contributed by atoms with van der Waals surface area (Å²) in [7, 11) is 0.161. The zero-order valence-electron chi connectivity index (χ0n) is 12.4. The summed E-state index contributed by atoms with van der Waals surface area (Å²) in [5, 5.41) is 3.41. The number of aromatic nitrogens is 2. The Morgan fingerprint density at radius 1 is 1.40 bits per heavy atom. The first-order valence-corrected chi connectivity index (χ1v) is 8.60. The molecule has 7 heteroatoms. The summed E-state index contributed by atoms with van der Waals surface area (Å²) in [6, 6.07) is 0.595. The maximum Gasteiger partial charge on any atom is 0.262 e. The molecule has 0 saturated heterocycles. The number of aryl methyl sites for hydroxylation is 1. The van der Waals surface area contributed by atoms with E-state index >= 15 is 0 Å².